The lowest BCUT2D eigenvalue weighted by atomic mass is 10.2. The third-order valence-corrected chi connectivity index (χ3v) is 3.40. The van der Waals surface area contributed by atoms with E-state index in [1.807, 2.05) is 24.1 Å². The number of hydrogen-bond acceptors (Lipinski definition) is 4. The lowest BCUT2D eigenvalue weighted by Gasteiger charge is -2.21. The first kappa shape index (κ1) is 18.9. The molecule has 1 aromatic carbocycles. The molecule has 0 saturated heterocycles. The van der Waals surface area contributed by atoms with E-state index in [1.54, 1.807) is 14.0 Å². The normalized spacial score (nSPS) is 11.0. The lowest BCUT2D eigenvalue weighted by molar-refractivity contribution is 0.368. The molecule has 0 radical (unpaired) electrons. The topological polar surface area (TPSA) is 66.5 Å². The third-order valence-electron chi connectivity index (χ3n) is 2.87. The summed E-state index contributed by atoms with van der Waals surface area (Å²) in [6.45, 7) is 3.01. The highest BCUT2D eigenvalue weighted by Crippen LogP contribution is 2.11. The van der Waals surface area contributed by atoms with Crippen LogP contribution in [0.3, 0.4) is 0 Å². The lowest BCUT2D eigenvalue weighted by Crippen LogP contribution is -2.38. The van der Waals surface area contributed by atoms with E-state index in [-0.39, 0.29) is 24.0 Å². The van der Waals surface area contributed by atoms with E-state index >= 15 is 0 Å². The van der Waals surface area contributed by atoms with Gasteiger partial charge in [-0.05, 0) is 24.6 Å². The Morgan fingerprint density at radius 3 is 2.59 bits per heavy atom. The first-order chi connectivity index (χ1) is 10.1. The summed E-state index contributed by atoms with van der Waals surface area (Å²) in [4.78, 5) is 10.4. The van der Waals surface area contributed by atoms with Crippen LogP contribution in [0.4, 0.5) is 0 Å². The van der Waals surface area contributed by atoms with Gasteiger partial charge in [-0.25, -0.2) is 0 Å². The summed E-state index contributed by atoms with van der Waals surface area (Å²) in [5, 5.41) is 6.96. The van der Waals surface area contributed by atoms with Crippen LogP contribution in [0.25, 0.3) is 0 Å². The van der Waals surface area contributed by atoms with Gasteiger partial charge in [0.2, 0.25) is 5.89 Å². The molecule has 22 heavy (non-hydrogen) atoms. The molecule has 0 spiro atoms. The predicted octanol–water partition coefficient (Wildman–Crippen LogP) is 2.97. The van der Waals surface area contributed by atoms with Crippen molar-refractivity contribution in [3.8, 4) is 0 Å². The monoisotopic (exact) mass is 479 g/mol. The number of guanidine groups is 1. The molecule has 2 aromatic rings. The average molecular weight is 480 g/mol. The van der Waals surface area contributed by atoms with E-state index in [9.17, 15) is 0 Å². The highest BCUT2D eigenvalue weighted by Gasteiger charge is 2.09. The van der Waals surface area contributed by atoms with Gasteiger partial charge in [-0.3, -0.25) is 4.99 Å². The second-order valence-corrected chi connectivity index (χ2v) is 5.53. The van der Waals surface area contributed by atoms with Crippen LogP contribution in [0.1, 0.15) is 17.3 Å². The maximum Gasteiger partial charge on any atom is 0.246 e. The van der Waals surface area contributed by atoms with Crippen molar-refractivity contribution in [2.24, 2.45) is 4.99 Å². The zero-order valence-electron chi connectivity index (χ0n) is 12.7. The van der Waals surface area contributed by atoms with E-state index in [0.717, 1.165) is 17.0 Å². The Labute approximate surface area is 155 Å². The van der Waals surface area contributed by atoms with Gasteiger partial charge in [0.15, 0.2) is 11.8 Å². The number of aryl methyl sites for hydroxylation is 1. The minimum absolute atomic E-state index is 0. The molecule has 0 aliphatic heterocycles. The van der Waals surface area contributed by atoms with Gasteiger partial charge in [-0.1, -0.05) is 33.2 Å². The number of benzene rings is 1. The summed E-state index contributed by atoms with van der Waals surface area (Å²) in [6, 6.07) is 8.21. The quantitative estimate of drug-likeness (QED) is 0.415. The molecule has 120 valence electrons. The number of nitrogens with zero attached hydrogens (tertiary/aromatic N) is 4. The molecule has 1 heterocycles. The van der Waals surface area contributed by atoms with Crippen LogP contribution in [0, 0.1) is 6.92 Å². The van der Waals surface area contributed by atoms with E-state index in [4.69, 9.17) is 4.52 Å². The molecular formula is C14H19BrIN5O. The first-order valence-corrected chi connectivity index (χ1v) is 7.33. The highest BCUT2D eigenvalue weighted by molar-refractivity contribution is 14.0. The standard InChI is InChI=1S/C14H18BrN5O.HI/c1-10-18-13(21-19-10)8-17-14(16-2)20(3)9-11-4-6-12(15)7-5-11;/h4-7H,8-9H2,1-3H3,(H,16,17);1H. The average Bonchev–Trinajstić information content (AvgIpc) is 2.88. The molecule has 1 N–H and O–H groups in total. The Bertz CT molecular complexity index is 614. The molecule has 1 aromatic heterocycles. The number of nitrogens with one attached hydrogen (secondary N) is 1. The van der Waals surface area contributed by atoms with Gasteiger partial charge in [0.05, 0.1) is 6.54 Å². The van der Waals surface area contributed by atoms with Crippen LogP contribution >= 0.6 is 39.9 Å². The molecule has 8 heteroatoms. The highest BCUT2D eigenvalue weighted by atomic mass is 127. The molecule has 6 nitrogen and oxygen atoms in total. The number of aliphatic imine (C=N–C) groups is 1. The molecule has 0 fully saturated rings. The van der Waals surface area contributed by atoms with Gasteiger partial charge in [-0.2, -0.15) is 4.98 Å². The van der Waals surface area contributed by atoms with E-state index < -0.39 is 0 Å². The largest absolute Gasteiger partial charge is 0.347 e. The number of hydrogen-bond donors (Lipinski definition) is 1. The molecule has 0 amide bonds. The van der Waals surface area contributed by atoms with E-state index in [1.165, 1.54) is 5.56 Å². The molecule has 0 saturated carbocycles. The molecule has 0 atom stereocenters. The molecule has 0 aliphatic carbocycles. The van der Waals surface area contributed by atoms with Crippen molar-refractivity contribution in [3.05, 3.63) is 46.0 Å². The van der Waals surface area contributed by atoms with Crippen molar-refractivity contribution in [1.82, 2.24) is 20.4 Å². The van der Waals surface area contributed by atoms with Crippen molar-refractivity contribution in [3.63, 3.8) is 0 Å². The van der Waals surface area contributed by atoms with Crippen LogP contribution < -0.4 is 5.32 Å². The van der Waals surface area contributed by atoms with Gasteiger partial charge in [0.25, 0.3) is 0 Å². The van der Waals surface area contributed by atoms with Crippen molar-refractivity contribution in [1.29, 1.82) is 0 Å². The van der Waals surface area contributed by atoms with Crippen molar-refractivity contribution < 1.29 is 4.52 Å². The zero-order chi connectivity index (χ0) is 15.2. The van der Waals surface area contributed by atoms with Crippen LogP contribution in [0.2, 0.25) is 0 Å². The Morgan fingerprint density at radius 2 is 2.05 bits per heavy atom. The van der Waals surface area contributed by atoms with Gasteiger partial charge >= 0.3 is 0 Å². The Hall–Kier alpha value is -1.16. The Kier molecular flexibility index (Phi) is 7.80. The zero-order valence-corrected chi connectivity index (χ0v) is 16.6. The minimum atomic E-state index is 0. The van der Waals surface area contributed by atoms with Gasteiger partial charge in [-0.15, -0.1) is 24.0 Å². The predicted molar refractivity (Wildman–Crippen MR) is 100 cm³/mol. The summed E-state index contributed by atoms with van der Waals surface area (Å²) in [7, 11) is 3.73. The van der Waals surface area contributed by atoms with Crippen molar-refractivity contribution >= 4 is 45.9 Å². The molecule has 0 unspecified atom stereocenters. The van der Waals surface area contributed by atoms with Gasteiger partial charge in [0, 0.05) is 25.1 Å². The fourth-order valence-corrected chi connectivity index (χ4v) is 2.15. The maximum atomic E-state index is 5.07. The minimum Gasteiger partial charge on any atom is -0.347 e. The fourth-order valence-electron chi connectivity index (χ4n) is 1.89. The summed E-state index contributed by atoms with van der Waals surface area (Å²) in [5.74, 6) is 1.95. The molecule has 0 bridgehead atoms. The number of aromatic nitrogens is 2. The van der Waals surface area contributed by atoms with Crippen LogP contribution in [0.5, 0.6) is 0 Å². The van der Waals surface area contributed by atoms with Crippen molar-refractivity contribution in [2.45, 2.75) is 20.0 Å². The molecule has 0 aliphatic rings. The molecule has 2 rings (SSSR count). The molecular weight excluding hydrogens is 461 g/mol. The van der Waals surface area contributed by atoms with Crippen LogP contribution in [-0.4, -0.2) is 35.1 Å². The second kappa shape index (κ2) is 9.09. The Balaban J connectivity index is 0.00000242. The first-order valence-electron chi connectivity index (χ1n) is 6.54. The third kappa shape index (κ3) is 5.56. The van der Waals surface area contributed by atoms with Crippen LogP contribution in [0.15, 0.2) is 38.3 Å². The van der Waals surface area contributed by atoms with Crippen molar-refractivity contribution in [2.75, 3.05) is 14.1 Å². The van der Waals surface area contributed by atoms with Gasteiger partial charge in [0.1, 0.15) is 0 Å². The van der Waals surface area contributed by atoms with E-state index in [2.05, 4.69) is 48.5 Å². The van der Waals surface area contributed by atoms with Gasteiger partial charge < -0.3 is 14.7 Å². The SMILES string of the molecule is CN=C(NCc1nc(C)no1)N(C)Cc1ccc(Br)cc1.I. The smallest absolute Gasteiger partial charge is 0.246 e. The fraction of sp³-hybridized carbons (Fsp3) is 0.357. The summed E-state index contributed by atoms with van der Waals surface area (Å²) < 4.78 is 6.14. The Morgan fingerprint density at radius 1 is 1.36 bits per heavy atom. The number of rotatable bonds is 4. The second-order valence-electron chi connectivity index (χ2n) is 4.62. The van der Waals surface area contributed by atoms with E-state index in [0.29, 0.717) is 18.3 Å². The van der Waals surface area contributed by atoms with Crippen LogP contribution in [-0.2, 0) is 13.1 Å². The summed E-state index contributed by atoms with van der Waals surface area (Å²) in [6.07, 6.45) is 0. The maximum absolute atomic E-state index is 5.07. The summed E-state index contributed by atoms with van der Waals surface area (Å²) >= 11 is 3.43. The summed E-state index contributed by atoms with van der Waals surface area (Å²) in [5.41, 5.74) is 1.21. The number of halogens is 2.